The van der Waals surface area contributed by atoms with Gasteiger partial charge in [0.25, 0.3) is 0 Å². The van der Waals surface area contributed by atoms with Crippen molar-refractivity contribution < 1.29 is 19.4 Å². The molecule has 178 valence electrons. The van der Waals surface area contributed by atoms with E-state index in [1.807, 2.05) is 30.3 Å². The first-order valence-corrected chi connectivity index (χ1v) is 11.7. The maximum absolute atomic E-state index is 13.4. The number of aromatic amines is 1. The second-order valence-corrected chi connectivity index (χ2v) is 8.70. The average Bonchev–Trinajstić information content (AvgIpc) is 3.35. The number of aliphatic hydroxyl groups excluding tert-OH is 1. The molecule has 2 atom stereocenters. The molecule has 0 saturated carbocycles. The molecule has 4 aromatic rings. The van der Waals surface area contributed by atoms with Crippen LogP contribution in [0, 0.1) is 0 Å². The lowest BCUT2D eigenvalue weighted by Crippen LogP contribution is -2.36. The van der Waals surface area contributed by atoms with Crippen LogP contribution in [0.25, 0.3) is 11.0 Å². The number of nitrogens with zero attached hydrogens (tertiary/aromatic N) is 2. The van der Waals surface area contributed by atoms with Gasteiger partial charge in [-0.2, -0.15) is 0 Å². The van der Waals surface area contributed by atoms with Crippen molar-refractivity contribution in [1.29, 1.82) is 0 Å². The first-order chi connectivity index (χ1) is 17.1. The minimum atomic E-state index is -0.157. The van der Waals surface area contributed by atoms with Gasteiger partial charge in [-0.15, -0.1) is 0 Å². The van der Waals surface area contributed by atoms with Crippen LogP contribution in [-0.2, 0) is 11.2 Å². The SMILES string of the molecule is O=C(Cc1ccc(C(=O)c2c[nH]c3ncnc(N[C@@H]4CC[C@@H](CO)OC4)c23)cc1)c1ccccc1. The number of anilines is 1. The number of carbonyl (C=O) groups excluding carboxylic acids is 2. The highest BCUT2D eigenvalue weighted by atomic mass is 16.5. The van der Waals surface area contributed by atoms with Crippen LogP contribution in [0.5, 0.6) is 0 Å². The zero-order valence-corrected chi connectivity index (χ0v) is 19.1. The molecule has 3 N–H and O–H groups in total. The summed E-state index contributed by atoms with van der Waals surface area (Å²) in [6.07, 6.45) is 4.82. The molecule has 8 nitrogen and oxygen atoms in total. The molecular formula is C27H26N4O4. The number of H-pyrrole nitrogens is 1. The first-order valence-electron chi connectivity index (χ1n) is 11.7. The molecule has 0 spiro atoms. The summed E-state index contributed by atoms with van der Waals surface area (Å²) in [7, 11) is 0. The molecule has 0 aliphatic carbocycles. The van der Waals surface area contributed by atoms with E-state index in [-0.39, 0.29) is 36.7 Å². The van der Waals surface area contributed by atoms with E-state index in [2.05, 4.69) is 20.3 Å². The number of hydrogen-bond donors (Lipinski definition) is 3. The quantitative estimate of drug-likeness (QED) is 0.337. The number of ether oxygens (including phenoxy) is 1. The molecule has 2 aromatic carbocycles. The van der Waals surface area contributed by atoms with E-state index in [4.69, 9.17) is 4.74 Å². The third-order valence-electron chi connectivity index (χ3n) is 6.31. The van der Waals surface area contributed by atoms with Gasteiger partial charge in [-0.05, 0) is 18.4 Å². The molecule has 0 bridgehead atoms. The summed E-state index contributed by atoms with van der Waals surface area (Å²) in [5, 5.41) is 13.3. The van der Waals surface area contributed by atoms with Gasteiger partial charge in [0.2, 0.25) is 0 Å². The number of rotatable bonds is 8. The summed E-state index contributed by atoms with van der Waals surface area (Å²) in [6.45, 7) is 0.466. The Hall–Kier alpha value is -3.88. The minimum absolute atomic E-state index is 0.0140. The largest absolute Gasteiger partial charge is 0.394 e. The van der Waals surface area contributed by atoms with Gasteiger partial charge in [-0.25, -0.2) is 9.97 Å². The number of nitrogens with one attached hydrogen (secondary N) is 2. The number of ketones is 2. The van der Waals surface area contributed by atoms with Crippen LogP contribution >= 0.6 is 0 Å². The molecule has 0 unspecified atom stereocenters. The summed E-state index contributed by atoms with van der Waals surface area (Å²) in [4.78, 5) is 37.6. The standard InChI is InChI=1S/C27H26N4O4/c32-14-21-11-10-20(15-35-21)31-27-24-22(13-28-26(24)29-16-30-27)25(34)19-8-6-17(7-9-19)12-23(33)18-4-2-1-3-5-18/h1-9,13,16,20-21,32H,10-12,14-15H2,(H2,28,29,30,31)/t20-,21+/m1/s1. The summed E-state index contributed by atoms with van der Waals surface area (Å²) in [5.74, 6) is 0.446. The topological polar surface area (TPSA) is 117 Å². The fourth-order valence-corrected chi connectivity index (χ4v) is 4.35. The molecule has 2 aromatic heterocycles. The number of benzene rings is 2. The third-order valence-corrected chi connectivity index (χ3v) is 6.31. The van der Waals surface area contributed by atoms with E-state index in [9.17, 15) is 14.7 Å². The maximum atomic E-state index is 13.4. The van der Waals surface area contributed by atoms with Crippen LogP contribution in [-0.4, -0.2) is 57.0 Å². The Morgan fingerprint density at radius 1 is 1.03 bits per heavy atom. The molecule has 1 aliphatic rings. The Morgan fingerprint density at radius 2 is 1.83 bits per heavy atom. The Bertz CT molecular complexity index is 1330. The van der Waals surface area contributed by atoms with Crippen molar-refractivity contribution in [2.45, 2.75) is 31.4 Å². The molecule has 1 aliphatic heterocycles. The number of carbonyl (C=O) groups is 2. The van der Waals surface area contributed by atoms with Gasteiger partial charge in [0.1, 0.15) is 17.8 Å². The van der Waals surface area contributed by atoms with Crippen molar-refractivity contribution in [1.82, 2.24) is 15.0 Å². The van der Waals surface area contributed by atoms with Gasteiger partial charge in [0.15, 0.2) is 11.6 Å². The zero-order valence-electron chi connectivity index (χ0n) is 19.1. The lowest BCUT2D eigenvalue weighted by Gasteiger charge is -2.29. The number of aliphatic hydroxyl groups is 1. The normalized spacial score (nSPS) is 17.9. The highest BCUT2D eigenvalue weighted by Gasteiger charge is 2.24. The number of Topliss-reactive ketones (excluding diaryl/α,β-unsaturated/α-hetero) is 1. The predicted molar refractivity (Wildman–Crippen MR) is 132 cm³/mol. The van der Waals surface area contributed by atoms with Crippen LogP contribution < -0.4 is 5.32 Å². The van der Waals surface area contributed by atoms with E-state index >= 15 is 0 Å². The second kappa shape index (κ2) is 10.2. The van der Waals surface area contributed by atoms with Crippen molar-refractivity contribution in [2.75, 3.05) is 18.5 Å². The molecule has 0 radical (unpaired) electrons. The van der Waals surface area contributed by atoms with E-state index < -0.39 is 0 Å². The van der Waals surface area contributed by atoms with Crippen LogP contribution in [0.15, 0.2) is 67.1 Å². The highest BCUT2D eigenvalue weighted by molar-refractivity contribution is 6.18. The Morgan fingerprint density at radius 3 is 2.54 bits per heavy atom. The van der Waals surface area contributed by atoms with Crippen molar-refractivity contribution in [3.8, 4) is 0 Å². The van der Waals surface area contributed by atoms with Crippen LogP contribution in [0.2, 0.25) is 0 Å². The van der Waals surface area contributed by atoms with Gasteiger partial charge in [-0.1, -0.05) is 54.6 Å². The minimum Gasteiger partial charge on any atom is -0.394 e. The van der Waals surface area contributed by atoms with Crippen molar-refractivity contribution in [2.24, 2.45) is 0 Å². The molecule has 5 rings (SSSR count). The van der Waals surface area contributed by atoms with E-state index in [0.717, 1.165) is 18.4 Å². The number of hydrogen-bond acceptors (Lipinski definition) is 7. The maximum Gasteiger partial charge on any atom is 0.195 e. The molecule has 8 heteroatoms. The van der Waals surface area contributed by atoms with Crippen molar-refractivity contribution in [3.63, 3.8) is 0 Å². The lowest BCUT2D eigenvalue weighted by molar-refractivity contribution is -0.0224. The zero-order chi connectivity index (χ0) is 24.2. The molecule has 3 heterocycles. The monoisotopic (exact) mass is 470 g/mol. The lowest BCUT2D eigenvalue weighted by atomic mass is 9.99. The summed E-state index contributed by atoms with van der Waals surface area (Å²) in [5.41, 5.74) is 3.07. The molecule has 35 heavy (non-hydrogen) atoms. The molecular weight excluding hydrogens is 444 g/mol. The molecule has 1 fully saturated rings. The second-order valence-electron chi connectivity index (χ2n) is 8.70. The van der Waals surface area contributed by atoms with E-state index in [1.54, 1.807) is 30.5 Å². The summed E-state index contributed by atoms with van der Waals surface area (Å²) >= 11 is 0. The van der Waals surface area contributed by atoms with E-state index in [0.29, 0.717) is 40.1 Å². The number of aromatic nitrogens is 3. The average molecular weight is 471 g/mol. The fraction of sp³-hybridized carbons (Fsp3) is 0.259. The van der Waals surface area contributed by atoms with E-state index in [1.165, 1.54) is 6.33 Å². The van der Waals surface area contributed by atoms with Gasteiger partial charge >= 0.3 is 0 Å². The van der Waals surface area contributed by atoms with Gasteiger partial charge in [0, 0.05) is 23.7 Å². The molecule has 0 amide bonds. The van der Waals surface area contributed by atoms with Gasteiger partial charge < -0.3 is 20.1 Å². The van der Waals surface area contributed by atoms with Crippen molar-refractivity contribution in [3.05, 3.63) is 89.4 Å². The number of fused-ring (bicyclic) bond motifs is 1. The van der Waals surface area contributed by atoms with Crippen molar-refractivity contribution >= 4 is 28.4 Å². The van der Waals surface area contributed by atoms with Crippen LogP contribution in [0.1, 0.15) is 44.7 Å². The summed E-state index contributed by atoms with van der Waals surface area (Å²) < 4.78 is 5.66. The van der Waals surface area contributed by atoms with Gasteiger partial charge in [0.05, 0.1) is 36.3 Å². The Balaban J connectivity index is 1.34. The summed E-state index contributed by atoms with van der Waals surface area (Å²) in [6, 6.07) is 16.3. The smallest absolute Gasteiger partial charge is 0.195 e. The first kappa shape index (κ1) is 22.9. The Labute approximate surface area is 202 Å². The van der Waals surface area contributed by atoms with Crippen LogP contribution in [0.4, 0.5) is 5.82 Å². The molecule has 1 saturated heterocycles. The highest BCUT2D eigenvalue weighted by Crippen LogP contribution is 2.27. The van der Waals surface area contributed by atoms with Gasteiger partial charge in [-0.3, -0.25) is 9.59 Å². The Kier molecular flexibility index (Phi) is 6.65. The fourth-order valence-electron chi connectivity index (χ4n) is 4.35. The third kappa shape index (κ3) is 4.99. The predicted octanol–water partition coefficient (Wildman–Crippen LogP) is 3.57. The van der Waals surface area contributed by atoms with Crippen LogP contribution in [0.3, 0.4) is 0 Å².